The molecule has 1 fully saturated rings. The predicted octanol–water partition coefficient (Wildman–Crippen LogP) is 4.41. The van der Waals surface area contributed by atoms with Crippen LogP contribution in [0.15, 0.2) is 79.5 Å². The number of anilines is 2. The molecular weight excluding hydrogens is 607 g/mol. The molecule has 4 heterocycles. The zero-order valence-electron chi connectivity index (χ0n) is 25.6. The summed E-state index contributed by atoms with van der Waals surface area (Å²) >= 11 is 0. The van der Waals surface area contributed by atoms with E-state index in [0.717, 1.165) is 43.6 Å². The highest BCUT2D eigenvalue weighted by Gasteiger charge is 2.33. The van der Waals surface area contributed by atoms with E-state index < -0.39 is 17.6 Å². The average molecular weight is 640 g/mol. The summed E-state index contributed by atoms with van der Waals surface area (Å²) < 4.78 is 43.8. The number of piperazine rings is 1. The van der Waals surface area contributed by atoms with Crippen molar-refractivity contribution < 1.29 is 18.0 Å². The Balaban J connectivity index is 1.06. The van der Waals surface area contributed by atoms with Crippen LogP contribution >= 0.6 is 0 Å². The maximum Gasteiger partial charge on any atom is 0.416 e. The van der Waals surface area contributed by atoms with E-state index in [1.54, 1.807) is 47.4 Å². The second-order valence-electron chi connectivity index (χ2n) is 11.1. The summed E-state index contributed by atoms with van der Waals surface area (Å²) in [5.41, 5.74) is 2.33. The van der Waals surface area contributed by atoms with E-state index in [0.29, 0.717) is 30.0 Å². The molecule has 0 radical (unpaired) electrons. The van der Waals surface area contributed by atoms with E-state index in [-0.39, 0.29) is 23.4 Å². The smallest absolute Gasteiger partial charge is 0.354 e. The summed E-state index contributed by atoms with van der Waals surface area (Å²) in [4.78, 5) is 30.1. The number of aromatic nitrogens is 5. The number of nitrogens with zero attached hydrogens (tertiary/aromatic N) is 7. The molecule has 0 saturated carbocycles. The van der Waals surface area contributed by atoms with Gasteiger partial charge in [-0.3, -0.25) is 9.69 Å². The monoisotopic (exact) mass is 639 g/mol. The second-order valence-corrected chi connectivity index (χ2v) is 11.1. The van der Waals surface area contributed by atoms with Crippen LogP contribution in [0.1, 0.15) is 38.3 Å². The SMILES string of the molecule is Cc1ccc(C(=O)Nc2ccc(CNCCN3CCN(c4ccncn4)CC3)c(C(F)(F)F)c2)cc1C#Cc1cnc2cccnn12. The summed E-state index contributed by atoms with van der Waals surface area (Å²) in [5.74, 6) is 6.45. The van der Waals surface area contributed by atoms with Crippen molar-refractivity contribution in [3.8, 4) is 11.8 Å². The molecule has 0 atom stereocenters. The normalized spacial score (nSPS) is 13.7. The first-order chi connectivity index (χ1) is 22.7. The number of aryl methyl sites for hydroxylation is 1. The zero-order chi connectivity index (χ0) is 32.8. The van der Waals surface area contributed by atoms with Gasteiger partial charge in [0.15, 0.2) is 5.65 Å². The number of nitrogens with one attached hydrogen (secondary N) is 2. The third-order valence-electron chi connectivity index (χ3n) is 7.96. The molecule has 240 valence electrons. The highest BCUT2D eigenvalue weighted by atomic mass is 19.4. The van der Waals surface area contributed by atoms with E-state index in [1.807, 2.05) is 19.1 Å². The van der Waals surface area contributed by atoms with Crippen molar-refractivity contribution in [2.75, 3.05) is 49.5 Å². The number of hydrogen-bond donors (Lipinski definition) is 2. The highest BCUT2D eigenvalue weighted by molar-refractivity contribution is 6.04. The number of amides is 1. The van der Waals surface area contributed by atoms with E-state index in [2.05, 4.69) is 52.3 Å². The Labute approximate surface area is 269 Å². The molecule has 10 nitrogen and oxygen atoms in total. The van der Waals surface area contributed by atoms with E-state index >= 15 is 0 Å². The number of halogens is 3. The molecule has 0 aliphatic carbocycles. The molecule has 2 aromatic carbocycles. The predicted molar refractivity (Wildman–Crippen MR) is 172 cm³/mol. The van der Waals surface area contributed by atoms with Crippen molar-refractivity contribution in [2.24, 2.45) is 0 Å². The fourth-order valence-electron chi connectivity index (χ4n) is 5.35. The molecule has 1 aliphatic rings. The number of rotatable bonds is 8. The van der Waals surface area contributed by atoms with Gasteiger partial charge < -0.3 is 15.5 Å². The fraction of sp³-hybridized carbons (Fsp3) is 0.265. The summed E-state index contributed by atoms with van der Waals surface area (Å²) in [6, 6.07) is 14.3. The topological polar surface area (TPSA) is 104 Å². The molecule has 1 amide bonds. The Morgan fingerprint density at radius 2 is 1.83 bits per heavy atom. The number of imidazole rings is 1. The van der Waals surface area contributed by atoms with E-state index in [1.165, 1.54) is 18.5 Å². The molecule has 6 rings (SSSR count). The molecule has 5 aromatic rings. The van der Waals surface area contributed by atoms with Crippen LogP contribution in [-0.2, 0) is 12.7 Å². The summed E-state index contributed by atoms with van der Waals surface area (Å²) in [6.45, 7) is 6.47. The third kappa shape index (κ3) is 7.74. The lowest BCUT2D eigenvalue weighted by Gasteiger charge is -2.35. The molecule has 2 N–H and O–H groups in total. The van der Waals surface area contributed by atoms with Gasteiger partial charge in [0.25, 0.3) is 5.91 Å². The van der Waals surface area contributed by atoms with Crippen LogP contribution in [0.4, 0.5) is 24.7 Å². The summed E-state index contributed by atoms with van der Waals surface area (Å²) in [6.07, 6.45) is 1.91. The van der Waals surface area contributed by atoms with Gasteiger partial charge in [0, 0.05) is 75.0 Å². The van der Waals surface area contributed by atoms with Crippen molar-refractivity contribution in [1.82, 2.24) is 34.8 Å². The molecule has 0 unspecified atom stereocenters. The van der Waals surface area contributed by atoms with Gasteiger partial charge in [0.2, 0.25) is 0 Å². The summed E-state index contributed by atoms with van der Waals surface area (Å²) in [7, 11) is 0. The molecule has 0 bridgehead atoms. The summed E-state index contributed by atoms with van der Waals surface area (Å²) in [5, 5.41) is 10.0. The molecule has 1 saturated heterocycles. The lowest BCUT2D eigenvalue weighted by atomic mass is 10.0. The van der Waals surface area contributed by atoms with Crippen LogP contribution in [0, 0.1) is 18.8 Å². The van der Waals surface area contributed by atoms with Crippen LogP contribution in [0.5, 0.6) is 0 Å². The number of alkyl halides is 3. The number of hydrogen-bond acceptors (Lipinski definition) is 8. The molecule has 3 aromatic heterocycles. The van der Waals surface area contributed by atoms with Gasteiger partial charge in [-0.05, 0) is 66.4 Å². The van der Waals surface area contributed by atoms with Crippen LogP contribution in [0.25, 0.3) is 5.65 Å². The Kier molecular flexibility index (Phi) is 9.42. The minimum absolute atomic E-state index is 0.0476. The maximum atomic E-state index is 14.1. The van der Waals surface area contributed by atoms with E-state index in [4.69, 9.17) is 0 Å². The minimum Gasteiger partial charge on any atom is -0.354 e. The van der Waals surface area contributed by atoms with Crippen LogP contribution in [0.3, 0.4) is 0 Å². The molecule has 0 spiro atoms. The van der Waals surface area contributed by atoms with Crippen LogP contribution < -0.4 is 15.5 Å². The highest BCUT2D eigenvalue weighted by Crippen LogP contribution is 2.34. The Hall–Kier alpha value is -5.32. The molecular formula is C34H32F3N9O. The minimum atomic E-state index is -4.59. The molecule has 47 heavy (non-hydrogen) atoms. The Morgan fingerprint density at radius 3 is 2.62 bits per heavy atom. The van der Waals surface area contributed by atoms with Crippen molar-refractivity contribution >= 4 is 23.1 Å². The third-order valence-corrected chi connectivity index (χ3v) is 7.96. The average Bonchev–Trinajstić information content (AvgIpc) is 3.50. The lowest BCUT2D eigenvalue weighted by molar-refractivity contribution is -0.138. The number of carbonyl (C=O) groups excluding carboxylic acids is 1. The number of carbonyl (C=O) groups is 1. The van der Waals surface area contributed by atoms with Gasteiger partial charge in [-0.15, -0.1) is 0 Å². The van der Waals surface area contributed by atoms with Crippen LogP contribution in [-0.4, -0.2) is 74.6 Å². The zero-order valence-corrected chi connectivity index (χ0v) is 25.6. The van der Waals surface area contributed by atoms with Crippen molar-refractivity contribution in [3.05, 3.63) is 113 Å². The standard InChI is InChI=1S/C34H32F3N9O/c1-24-4-5-26(19-25(24)7-9-29-22-40-32-3-2-11-42-46(29)32)33(47)43-28-8-6-27(30(20-28)34(35,36)37)21-38-13-14-44-15-17-45(18-16-44)31-10-12-39-23-41-31/h2-6,8,10-12,19-20,22-23,38H,13-18,21H2,1H3,(H,43,47). The van der Waals surface area contributed by atoms with Crippen LogP contribution in [0.2, 0.25) is 0 Å². The molecule has 1 aliphatic heterocycles. The quantitative estimate of drug-likeness (QED) is 0.190. The van der Waals surface area contributed by atoms with Gasteiger partial charge in [-0.25, -0.2) is 19.5 Å². The number of benzene rings is 2. The Morgan fingerprint density at radius 1 is 0.979 bits per heavy atom. The van der Waals surface area contributed by atoms with Crippen molar-refractivity contribution in [3.63, 3.8) is 0 Å². The van der Waals surface area contributed by atoms with Crippen molar-refractivity contribution in [1.29, 1.82) is 0 Å². The first kappa shape index (κ1) is 31.7. The lowest BCUT2D eigenvalue weighted by Crippen LogP contribution is -2.48. The maximum absolute atomic E-state index is 14.1. The fourth-order valence-corrected chi connectivity index (χ4v) is 5.35. The Bertz CT molecular complexity index is 1920. The van der Waals surface area contributed by atoms with E-state index in [9.17, 15) is 18.0 Å². The molecule has 13 heteroatoms. The number of fused-ring (bicyclic) bond motifs is 1. The largest absolute Gasteiger partial charge is 0.416 e. The first-order valence-corrected chi connectivity index (χ1v) is 15.1. The van der Waals surface area contributed by atoms with Gasteiger partial charge >= 0.3 is 6.18 Å². The second kappa shape index (κ2) is 14.0. The van der Waals surface area contributed by atoms with Crippen molar-refractivity contribution in [2.45, 2.75) is 19.6 Å². The van der Waals surface area contributed by atoms with Gasteiger partial charge in [0.1, 0.15) is 17.8 Å². The van der Waals surface area contributed by atoms with Gasteiger partial charge in [-0.2, -0.15) is 18.3 Å². The first-order valence-electron chi connectivity index (χ1n) is 15.1. The van der Waals surface area contributed by atoms with Gasteiger partial charge in [0.05, 0.1) is 11.8 Å². The van der Waals surface area contributed by atoms with Gasteiger partial charge in [-0.1, -0.05) is 18.1 Å².